The molecule has 0 amide bonds. The van der Waals surface area contributed by atoms with E-state index in [0.717, 1.165) is 11.3 Å². The fraction of sp³-hybridized carbons (Fsp3) is 0.250. The van der Waals surface area contributed by atoms with Gasteiger partial charge in [-0.15, -0.1) is 0 Å². The van der Waals surface area contributed by atoms with Gasteiger partial charge in [0.1, 0.15) is 5.75 Å². The maximum Gasteiger partial charge on any atom is 0.137 e. The van der Waals surface area contributed by atoms with Gasteiger partial charge in [0.2, 0.25) is 0 Å². The third-order valence-electron chi connectivity index (χ3n) is 1.31. The lowest BCUT2D eigenvalue weighted by Crippen LogP contribution is -1.83. The molecule has 0 aliphatic carbocycles. The molecule has 10 heavy (non-hydrogen) atoms. The highest BCUT2D eigenvalue weighted by Gasteiger charge is 1.97. The average Bonchev–Trinajstić information content (AvgIpc) is 1.88. The zero-order valence-corrected chi connectivity index (χ0v) is 6.77. The first-order valence-electron chi connectivity index (χ1n) is 3.04. The molecule has 1 nitrogen and oxygen atoms in total. The van der Waals surface area contributed by atoms with E-state index in [1.54, 1.807) is 7.11 Å². The van der Waals surface area contributed by atoms with E-state index in [4.69, 9.17) is 16.3 Å². The van der Waals surface area contributed by atoms with E-state index >= 15 is 0 Å². The number of ether oxygens (including phenoxy) is 1. The summed E-state index contributed by atoms with van der Waals surface area (Å²) in [6.45, 7) is 1.99. The van der Waals surface area contributed by atoms with Gasteiger partial charge in [0.05, 0.1) is 12.1 Å². The fourth-order valence-electron chi connectivity index (χ4n) is 0.771. The molecule has 0 fully saturated rings. The Balaban J connectivity index is 3.07. The Hall–Kier alpha value is -0.690. The van der Waals surface area contributed by atoms with Gasteiger partial charge in [-0.2, -0.15) is 0 Å². The summed E-state index contributed by atoms with van der Waals surface area (Å²) < 4.78 is 4.97. The van der Waals surface area contributed by atoms with Crippen molar-refractivity contribution in [3.63, 3.8) is 0 Å². The van der Waals surface area contributed by atoms with Gasteiger partial charge >= 0.3 is 0 Å². The number of halogens is 1. The quantitative estimate of drug-likeness (QED) is 0.608. The van der Waals surface area contributed by atoms with E-state index in [1.807, 2.05) is 25.1 Å². The first-order chi connectivity index (χ1) is 4.74. The molecule has 1 aromatic carbocycles. The molecule has 2 heteroatoms. The van der Waals surface area contributed by atoms with Crippen molar-refractivity contribution in [1.29, 1.82) is 0 Å². The predicted octanol–water partition coefficient (Wildman–Crippen LogP) is 2.66. The molecule has 0 bridgehead atoms. The minimum absolute atomic E-state index is 0.669. The monoisotopic (exact) mass is 156 g/mol. The highest BCUT2D eigenvalue weighted by atomic mass is 35.5. The number of hydrogen-bond donors (Lipinski definition) is 0. The average molecular weight is 157 g/mol. The van der Waals surface area contributed by atoms with E-state index in [-0.39, 0.29) is 0 Å². The molecular weight excluding hydrogens is 148 g/mol. The van der Waals surface area contributed by atoms with Gasteiger partial charge in [0.15, 0.2) is 0 Å². The molecule has 1 aromatic rings. The number of benzene rings is 1. The fourth-order valence-corrected chi connectivity index (χ4v) is 1.08. The Labute approximate surface area is 65.6 Å². The lowest BCUT2D eigenvalue weighted by atomic mass is 10.2. The molecular formula is C8H9ClO. The summed E-state index contributed by atoms with van der Waals surface area (Å²) in [4.78, 5) is 0. The van der Waals surface area contributed by atoms with E-state index in [0.29, 0.717) is 5.02 Å². The largest absolute Gasteiger partial charge is 0.495 e. The van der Waals surface area contributed by atoms with Crippen LogP contribution in [0, 0.1) is 6.92 Å². The van der Waals surface area contributed by atoms with Crippen LogP contribution in [-0.4, -0.2) is 7.11 Å². The normalized spacial score (nSPS) is 9.50. The zero-order valence-electron chi connectivity index (χ0n) is 6.02. The molecule has 0 saturated carbocycles. The Kier molecular flexibility index (Phi) is 2.17. The van der Waals surface area contributed by atoms with Crippen molar-refractivity contribution in [3.8, 4) is 5.75 Å². The van der Waals surface area contributed by atoms with Gasteiger partial charge in [-0.1, -0.05) is 17.7 Å². The van der Waals surface area contributed by atoms with Crippen molar-refractivity contribution in [2.24, 2.45) is 0 Å². The van der Waals surface area contributed by atoms with Crippen LogP contribution >= 0.6 is 11.6 Å². The maximum absolute atomic E-state index is 5.80. The summed E-state index contributed by atoms with van der Waals surface area (Å²) in [5.74, 6) is 0.729. The van der Waals surface area contributed by atoms with E-state index in [9.17, 15) is 0 Å². The summed E-state index contributed by atoms with van der Waals surface area (Å²) in [6, 6.07) is 5.70. The molecule has 0 heterocycles. The lowest BCUT2D eigenvalue weighted by Gasteiger charge is -2.01. The highest BCUT2D eigenvalue weighted by molar-refractivity contribution is 6.32. The Morgan fingerprint density at radius 3 is 2.60 bits per heavy atom. The molecule has 54 valence electrons. The molecule has 0 unspecified atom stereocenters. The summed E-state index contributed by atoms with van der Waals surface area (Å²) in [6.07, 6.45) is 0. The van der Waals surface area contributed by atoms with Crippen LogP contribution in [0.4, 0.5) is 0 Å². The number of methoxy groups -OCH3 is 1. The van der Waals surface area contributed by atoms with Crippen LogP contribution in [0.3, 0.4) is 0 Å². The van der Waals surface area contributed by atoms with E-state index in [2.05, 4.69) is 0 Å². The second kappa shape index (κ2) is 2.93. The summed E-state index contributed by atoms with van der Waals surface area (Å²) in [5.41, 5.74) is 1.14. The Bertz CT molecular complexity index is 233. The van der Waals surface area contributed by atoms with Gasteiger partial charge in [-0.05, 0) is 24.6 Å². The van der Waals surface area contributed by atoms with E-state index in [1.165, 1.54) is 0 Å². The van der Waals surface area contributed by atoms with Gasteiger partial charge in [-0.3, -0.25) is 0 Å². The predicted molar refractivity (Wildman–Crippen MR) is 42.7 cm³/mol. The summed E-state index contributed by atoms with van der Waals surface area (Å²) in [5, 5.41) is 0.669. The van der Waals surface area contributed by atoms with Gasteiger partial charge in [0, 0.05) is 0 Å². The maximum atomic E-state index is 5.80. The molecule has 0 N–H and O–H groups in total. The molecule has 0 saturated heterocycles. The molecule has 0 aliphatic rings. The van der Waals surface area contributed by atoms with Crippen molar-refractivity contribution in [1.82, 2.24) is 0 Å². The van der Waals surface area contributed by atoms with Gasteiger partial charge in [0.25, 0.3) is 0 Å². The third kappa shape index (κ3) is 1.42. The van der Waals surface area contributed by atoms with E-state index < -0.39 is 0 Å². The van der Waals surface area contributed by atoms with Crippen LogP contribution in [0.1, 0.15) is 5.56 Å². The first kappa shape index (κ1) is 7.42. The number of rotatable bonds is 1. The molecule has 0 aromatic heterocycles. The van der Waals surface area contributed by atoms with Crippen molar-refractivity contribution < 1.29 is 4.74 Å². The zero-order chi connectivity index (χ0) is 7.56. The molecule has 0 spiro atoms. The highest BCUT2D eigenvalue weighted by Crippen LogP contribution is 2.24. The van der Waals surface area contributed by atoms with Gasteiger partial charge < -0.3 is 4.74 Å². The van der Waals surface area contributed by atoms with Crippen molar-refractivity contribution in [2.75, 3.05) is 7.11 Å². The minimum atomic E-state index is 0.669. The van der Waals surface area contributed by atoms with Crippen LogP contribution < -0.4 is 4.74 Å². The number of hydrogen-bond acceptors (Lipinski definition) is 1. The molecule has 0 radical (unpaired) electrons. The van der Waals surface area contributed by atoms with Crippen molar-refractivity contribution in [2.45, 2.75) is 6.92 Å². The summed E-state index contributed by atoms with van der Waals surface area (Å²) >= 11 is 5.80. The van der Waals surface area contributed by atoms with Crippen molar-refractivity contribution in [3.05, 3.63) is 28.8 Å². The molecule has 0 atom stereocenters. The second-order valence-electron chi connectivity index (χ2n) is 2.14. The molecule has 0 aliphatic heterocycles. The van der Waals surface area contributed by atoms with Crippen LogP contribution in [-0.2, 0) is 0 Å². The van der Waals surface area contributed by atoms with Crippen molar-refractivity contribution >= 4 is 11.6 Å². The first-order valence-corrected chi connectivity index (χ1v) is 3.42. The second-order valence-corrected chi connectivity index (χ2v) is 2.55. The Morgan fingerprint density at radius 2 is 2.10 bits per heavy atom. The van der Waals surface area contributed by atoms with Crippen LogP contribution in [0.2, 0.25) is 5.02 Å². The molecule has 1 rings (SSSR count). The SMILES string of the molecule is COc1ccc(C)cc1Cl. The van der Waals surface area contributed by atoms with Crippen LogP contribution in [0.25, 0.3) is 0 Å². The number of aryl methyl sites for hydroxylation is 1. The Morgan fingerprint density at radius 1 is 1.40 bits per heavy atom. The minimum Gasteiger partial charge on any atom is -0.495 e. The summed E-state index contributed by atoms with van der Waals surface area (Å²) in [7, 11) is 1.61. The third-order valence-corrected chi connectivity index (χ3v) is 1.60. The topological polar surface area (TPSA) is 9.23 Å². The van der Waals surface area contributed by atoms with Crippen LogP contribution in [0.15, 0.2) is 18.2 Å². The van der Waals surface area contributed by atoms with Crippen LogP contribution in [0.5, 0.6) is 5.75 Å². The lowest BCUT2D eigenvalue weighted by molar-refractivity contribution is 0.415. The standard InChI is InChI=1S/C8H9ClO/c1-6-3-4-8(10-2)7(9)5-6/h3-5H,1-2H3. The smallest absolute Gasteiger partial charge is 0.137 e. The van der Waals surface area contributed by atoms with Gasteiger partial charge in [-0.25, -0.2) is 0 Å².